The van der Waals surface area contributed by atoms with Crippen LogP contribution in [-0.4, -0.2) is 75.9 Å². The summed E-state index contributed by atoms with van der Waals surface area (Å²) in [6.45, 7) is 0. The summed E-state index contributed by atoms with van der Waals surface area (Å²) >= 11 is 0. The van der Waals surface area contributed by atoms with Crippen LogP contribution in [0.1, 0.15) is 64.2 Å². The quantitative estimate of drug-likeness (QED) is 0.730. The van der Waals surface area contributed by atoms with Crippen LogP contribution in [0.3, 0.4) is 0 Å². The molecule has 0 unspecified atom stereocenters. The molecule has 0 bridgehead atoms. The number of nitrogens with zero attached hydrogens (tertiary/aromatic N) is 2. The Kier molecular flexibility index (Phi) is 13.3. The molecule has 0 aliphatic heterocycles. The fourth-order valence-electron chi connectivity index (χ4n) is 3.71. The first-order valence-electron chi connectivity index (χ1n) is 9.24. The van der Waals surface area contributed by atoms with Crippen LogP contribution in [0.2, 0.25) is 0 Å². The van der Waals surface area contributed by atoms with Crippen molar-refractivity contribution in [2.24, 2.45) is 0 Å². The Morgan fingerprint density at radius 2 is 0.739 bits per heavy atom. The normalized spacial score (nSPS) is 20.3. The lowest BCUT2D eigenvalue weighted by Gasteiger charge is -2.36. The smallest absolute Gasteiger partial charge is 0.0884 e. The molecule has 1 N–H and O–H groups in total. The fraction of sp³-hybridized carbons (Fsp3) is 1.00. The lowest BCUT2D eigenvalue weighted by Crippen LogP contribution is -2.45. The van der Waals surface area contributed by atoms with Crippen molar-refractivity contribution in [3.63, 3.8) is 0 Å². The third-order valence-electron chi connectivity index (χ3n) is 5.34. The number of rotatable bonds is 2. The van der Waals surface area contributed by atoms with Gasteiger partial charge in [-0.3, -0.25) is 0 Å². The third-order valence-corrected chi connectivity index (χ3v) is 5.34. The minimum absolute atomic E-state index is 0. The molecule has 0 atom stereocenters. The summed E-state index contributed by atoms with van der Waals surface area (Å²) in [5.41, 5.74) is 0. The van der Waals surface area contributed by atoms with E-state index >= 15 is 0 Å². The summed E-state index contributed by atoms with van der Waals surface area (Å²) in [7, 11) is 14.6. The highest BCUT2D eigenvalue weighted by atomic mass is 16.2. The Morgan fingerprint density at radius 3 is 0.870 bits per heavy atom. The fourth-order valence-corrected chi connectivity index (χ4v) is 3.71. The maximum atomic E-state index is 8.25. The first-order chi connectivity index (χ1) is 10.2. The zero-order valence-electron chi connectivity index (χ0n) is 17.0. The Bertz CT molecular complexity index is 230. The predicted octanol–water partition coefficient (Wildman–Crippen LogP) is 2.85. The van der Waals surface area contributed by atoms with Crippen molar-refractivity contribution >= 4 is 0 Å². The molecule has 2 fully saturated rings. The van der Waals surface area contributed by atoms with Crippen LogP contribution >= 0.6 is 0 Å². The van der Waals surface area contributed by atoms with E-state index in [1.165, 1.54) is 73.2 Å². The summed E-state index contributed by atoms with van der Waals surface area (Å²) in [4.78, 5) is 0. The van der Waals surface area contributed by atoms with Gasteiger partial charge >= 0.3 is 0 Å². The van der Waals surface area contributed by atoms with E-state index < -0.39 is 0 Å². The molecule has 0 aromatic rings. The molecule has 23 heavy (non-hydrogen) atoms. The van der Waals surface area contributed by atoms with Gasteiger partial charge in [0.1, 0.15) is 0 Å². The Labute approximate surface area is 146 Å². The van der Waals surface area contributed by atoms with Crippen molar-refractivity contribution in [2.75, 3.05) is 49.4 Å². The highest BCUT2D eigenvalue weighted by Gasteiger charge is 2.25. The molecule has 2 rings (SSSR count). The van der Waals surface area contributed by atoms with E-state index in [2.05, 4.69) is 42.3 Å². The monoisotopic (exact) mass is 332 g/mol. The van der Waals surface area contributed by atoms with Crippen LogP contribution in [0.4, 0.5) is 0 Å². The summed E-state index contributed by atoms with van der Waals surface area (Å²) in [6, 6.07) is 1.88. The molecular weight excluding hydrogens is 288 g/mol. The van der Waals surface area contributed by atoms with Gasteiger partial charge in [0.05, 0.1) is 54.4 Å². The summed E-state index contributed by atoms with van der Waals surface area (Å²) < 4.78 is 2.33. The van der Waals surface area contributed by atoms with Crippen LogP contribution in [0, 0.1) is 0 Å². The Hall–Kier alpha value is -0.160. The van der Waals surface area contributed by atoms with Gasteiger partial charge in [0, 0.05) is 0 Å². The molecule has 4 heteroatoms. The zero-order chi connectivity index (χ0) is 17.2. The van der Waals surface area contributed by atoms with Crippen molar-refractivity contribution in [3.05, 3.63) is 0 Å². The van der Waals surface area contributed by atoms with Gasteiger partial charge in [-0.25, -0.2) is 0 Å². The van der Waals surface area contributed by atoms with Crippen LogP contribution in [-0.2, 0) is 0 Å². The molecule has 0 amide bonds. The van der Waals surface area contributed by atoms with Gasteiger partial charge < -0.3 is 19.5 Å². The molecule has 0 radical (unpaired) electrons. The minimum Gasteiger partial charge on any atom is -0.870 e. The van der Waals surface area contributed by atoms with Crippen LogP contribution in [0.15, 0.2) is 0 Å². The van der Waals surface area contributed by atoms with Gasteiger partial charge in [-0.2, -0.15) is 7.11 Å². The highest BCUT2D eigenvalue weighted by Crippen LogP contribution is 2.24. The molecule has 0 aromatic heterocycles. The largest absolute Gasteiger partial charge is 0.870 e. The van der Waals surface area contributed by atoms with Crippen molar-refractivity contribution in [1.82, 2.24) is 0 Å². The average Bonchev–Trinajstić information content (AvgIpc) is 2.50. The van der Waals surface area contributed by atoms with Crippen molar-refractivity contribution < 1.29 is 19.5 Å². The first kappa shape index (κ1) is 25.1. The Morgan fingerprint density at radius 1 is 0.522 bits per heavy atom. The van der Waals surface area contributed by atoms with Gasteiger partial charge in [0.15, 0.2) is 0 Å². The number of hydrogen-bond acceptors (Lipinski definition) is 2. The maximum absolute atomic E-state index is 8.25. The molecule has 2 aliphatic rings. The first-order valence-corrected chi connectivity index (χ1v) is 9.24. The molecule has 142 valence electrons. The summed E-state index contributed by atoms with van der Waals surface area (Å²) in [6.07, 6.45) is 14.6. The molecule has 4 nitrogen and oxygen atoms in total. The maximum Gasteiger partial charge on any atom is 0.0884 e. The molecule has 2 saturated carbocycles. The average molecular weight is 333 g/mol. The predicted molar refractivity (Wildman–Crippen MR) is 97.7 cm³/mol. The Balaban J connectivity index is 0. The topological polar surface area (TPSA) is 53.1 Å². The second-order valence-corrected chi connectivity index (χ2v) is 8.82. The summed E-state index contributed by atoms with van der Waals surface area (Å²) in [5.74, 6) is 0. The molecular formula is C19H44N2O2. The molecule has 2 aliphatic carbocycles. The lowest BCUT2D eigenvalue weighted by atomic mass is 9.94. The molecule has 0 aromatic carbocycles. The van der Waals surface area contributed by atoms with Crippen molar-refractivity contribution in [2.45, 2.75) is 76.3 Å². The summed E-state index contributed by atoms with van der Waals surface area (Å²) in [5, 5.41) is 8.25. The van der Waals surface area contributed by atoms with Gasteiger partial charge in [-0.15, -0.1) is 0 Å². The molecule has 0 heterocycles. The van der Waals surface area contributed by atoms with Gasteiger partial charge in [-0.1, -0.05) is 12.8 Å². The van der Waals surface area contributed by atoms with Gasteiger partial charge in [0.2, 0.25) is 0 Å². The highest BCUT2D eigenvalue weighted by molar-refractivity contribution is 4.65. The van der Waals surface area contributed by atoms with E-state index in [1.807, 2.05) is 0 Å². The SMILES string of the molecule is C[N+](C)(C)C1CCCCC1.C[N+](C)(C)C1CCCCC1.C[O-].[OH-]. The molecule has 0 spiro atoms. The van der Waals surface area contributed by atoms with Crippen LogP contribution < -0.4 is 5.11 Å². The van der Waals surface area contributed by atoms with Crippen molar-refractivity contribution in [1.29, 1.82) is 0 Å². The standard InChI is InChI=1S/2C9H20N.CH3O.H2O/c2*1-10(2,3)9-7-5-4-6-8-9;1-2;/h2*9H,4-8H2,1-3H3;1H3;1H2/q2*+1;-1;/p-1. The van der Waals surface area contributed by atoms with E-state index in [9.17, 15) is 0 Å². The van der Waals surface area contributed by atoms with Crippen LogP contribution in [0.5, 0.6) is 0 Å². The van der Waals surface area contributed by atoms with E-state index in [1.54, 1.807) is 0 Å². The number of quaternary nitrogens is 2. The minimum atomic E-state index is 0. The van der Waals surface area contributed by atoms with E-state index in [0.29, 0.717) is 0 Å². The van der Waals surface area contributed by atoms with Crippen LogP contribution in [0.25, 0.3) is 0 Å². The molecule has 0 saturated heterocycles. The second-order valence-electron chi connectivity index (χ2n) is 8.82. The van der Waals surface area contributed by atoms with E-state index in [4.69, 9.17) is 5.11 Å². The van der Waals surface area contributed by atoms with Gasteiger partial charge in [0.25, 0.3) is 0 Å². The number of hydrogen-bond donors (Lipinski definition) is 0. The van der Waals surface area contributed by atoms with E-state index in [0.717, 1.165) is 19.2 Å². The van der Waals surface area contributed by atoms with Gasteiger partial charge in [-0.05, 0) is 51.4 Å². The lowest BCUT2D eigenvalue weighted by molar-refractivity contribution is -0.897. The third kappa shape index (κ3) is 11.1. The van der Waals surface area contributed by atoms with Crippen molar-refractivity contribution in [3.8, 4) is 0 Å². The zero-order valence-corrected chi connectivity index (χ0v) is 17.0. The van der Waals surface area contributed by atoms with E-state index in [-0.39, 0.29) is 5.48 Å². The second kappa shape index (κ2) is 12.2.